The summed E-state index contributed by atoms with van der Waals surface area (Å²) in [4.78, 5) is 13.3. The molecular weight excluding hydrogens is 234 g/mol. The number of Topliss-reactive ketones (excluding diaryl/α,β-unsaturated/α-hetero) is 1. The molecular formula is C14H16ClNO. The second-order valence-corrected chi connectivity index (χ2v) is 4.26. The maximum Gasteiger partial charge on any atom is 0.159 e. The zero-order valence-electron chi connectivity index (χ0n) is 10.2. The molecule has 3 heteroatoms. The highest BCUT2D eigenvalue weighted by Gasteiger charge is 2.10. The molecule has 0 bridgehead atoms. The summed E-state index contributed by atoms with van der Waals surface area (Å²) in [6.45, 7) is 4.98. The van der Waals surface area contributed by atoms with Crippen LogP contribution in [0.15, 0.2) is 18.2 Å². The van der Waals surface area contributed by atoms with Crippen LogP contribution in [0, 0.1) is 12.3 Å². The summed E-state index contributed by atoms with van der Waals surface area (Å²) in [5, 5.41) is 0.571. The molecule has 1 aromatic rings. The first kappa shape index (κ1) is 13.6. The topological polar surface area (TPSA) is 20.3 Å². The molecule has 1 rings (SSSR count). The van der Waals surface area contributed by atoms with E-state index in [1.807, 2.05) is 11.0 Å². The van der Waals surface area contributed by atoms with Crippen LogP contribution in [0.25, 0.3) is 0 Å². The van der Waals surface area contributed by atoms with Gasteiger partial charge in [0.1, 0.15) is 0 Å². The highest BCUT2D eigenvalue weighted by molar-refractivity contribution is 6.33. The molecule has 0 atom stereocenters. The molecule has 0 aliphatic rings. The fraction of sp³-hybridized carbons (Fsp3) is 0.357. The summed E-state index contributed by atoms with van der Waals surface area (Å²) in [5.74, 6) is 2.63. The number of carbonyl (C=O) groups excluding carboxylic acids is 1. The quantitative estimate of drug-likeness (QED) is 0.589. The molecule has 0 heterocycles. The van der Waals surface area contributed by atoms with Crippen LogP contribution < -0.4 is 4.90 Å². The van der Waals surface area contributed by atoms with E-state index in [1.54, 1.807) is 12.1 Å². The Morgan fingerprint density at radius 2 is 2.24 bits per heavy atom. The van der Waals surface area contributed by atoms with E-state index in [2.05, 4.69) is 12.8 Å². The van der Waals surface area contributed by atoms with Gasteiger partial charge in [0, 0.05) is 12.1 Å². The Hall–Kier alpha value is -1.46. The third kappa shape index (κ3) is 3.51. The smallest absolute Gasteiger partial charge is 0.159 e. The lowest BCUT2D eigenvalue weighted by molar-refractivity contribution is 0.101. The highest BCUT2D eigenvalue weighted by Crippen LogP contribution is 2.27. The van der Waals surface area contributed by atoms with Crippen molar-refractivity contribution in [3.8, 4) is 12.3 Å². The lowest BCUT2D eigenvalue weighted by atomic mass is 10.1. The van der Waals surface area contributed by atoms with Gasteiger partial charge in [-0.05, 0) is 31.5 Å². The number of ketones is 1. The molecule has 1 aromatic carbocycles. The Labute approximate surface area is 108 Å². The highest BCUT2D eigenvalue weighted by atomic mass is 35.5. The van der Waals surface area contributed by atoms with Crippen LogP contribution in [0.1, 0.15) is 30.6 Å². The van der Waals surface area contributed by atoms with Crippen LogP contribution in [0.2, 0.25) is 5.02 Å². The molecule has 0 amide bonds. The van der Waals surface area contributed by atoms with Crippen molar-refractivity contribution in [2.24, 2.45) is 0 Å². The van der Waals surface area contributed by atoms with E-state index in [1.165, 1.54) is 6.92 Å². The lowest BCUT2D eigenvalue weighted by Crippen LogP contribution is -2.24. The van der Waals surface area contributed by atoms with E-state index in [0.717, 1.165) is 18.7 Å². The number of benzene rings is 1. The van der Waals surface area contributed by atoms with Crippen LogP contribution >= 0.6 is 11.6 Å². The fourth-order valence-electron chi connectivity index (χ4n) is 1.65. The molecule has 0 N–H and O–H groups in total. The number of carbonyl (C=O) groups is 1. The van der Waals surface area contributed by atoms with E-state index in [0.29, 0.717) is 17.1 Å². The van der Waals surface area contributed by atoms with Gasteiger partial charge in [0.2, 0.25) is 0 Å². The van der Waals surface area contributed by atoms with Gasteiger partial charge in [0.05, 0.1) is 17.3 Å². The summed E-state index contributed by atoms with van der Waals surface area (Å²) in [6.07, 6.45) is 6.33. The van der Waals surface area contributed by atoms with Crippen LogP contribution in [0.3, 0.4) is 0 Å². The van der Waals surface area contributed by atoms with E-state index in [9.17, 15) is 4.79 Å². The lowest BCUT2D eigenvalue weighted by Gasteiger charge is -2.23. The van der Waals surface area contributed by atoms with Crippen molar-refractivity contribution in [3.63, 3.8) is 0 Å². The zero-order valence-corrected chi connectivity index (χ0v) is 10.9. The van der Waals surface area contributed by atoms with Gasteiger partial charge in [-0.2, -0.15) is 0 Å². The van der Waals surface area contributed by atoms with Gasteiger partial charge in [-0.15, -0.1) is 6.42 Å². The van der Waals surface area contributed by atoms with Gasteiger partial charge in [-0.3, -0.25) is 4.79 Å². The van der Waals surface area contributed by atoms with Crippen LogP contribution in [0.4, 0.5) is 5.69 Å². The van der Waals surface area contributed by atoms with Crippen LogP contribution in [-0.4, -0.2) is 18.9 Å². The monoisotopic (exact) mass is 249 g/mol. The van der Waals surface area contributed by atoms with Crippen LogP contribution in [0.5, 0.6) is 0 Å². The third-order valence-electron chi connectivity index (χ3n) is 2.47. The molecule has 0 aliphatic carbocycles. The minimum absolute atomic E-state index is 0.0115. The molecule has 0 aliphatic heterocycles. The van der Waals surface area contributed by atoms with Crippen molar-refractivity contribution in [2.45, 2.75) is 20.3 Å². The largest absolute Gasteiger partial charge is 0.359 e. The predicted molar refractivity (Wildman–Crippen MR) is 72.8 cm³/mol. The van der Waals surface area contributed by atoms with Crippen molar-refractivity contribution in [1.82, 2.24) is 0 Å². The molecule has 0 aromatic heterocycles. The number of nitrogens with zero attached hydrogens (tertiary/aromatic N) is 1. The average molecular weight is 250 g/mol. The van der Waals surface area contributed by atoms with Crippen LogP contribution in [-0.2, 0) is 0 Å². The van der Waals surface area contributed by atoms with Crippen molar-refractivity contribution >= 4 is 23.1 Å². The average Bonchev–Trinajstić information content (AvgIpc) is 2.28. The Balaban J connectivity index is 3.04. The Morgan fingerprint density at radius 3 is 2.71 bits per heavy atom. The number of anilines is 1. The van der Waals surface area contributed by atoms with Gasteiger partial charge in [0.25, 0.3) is 0 Å². The number of halogens is 1. The van der Waals surface area contributed by atoms with E-state index in [4.69, 9.17) is 18.0 Å². The van der Waals surface area contributed by atoms with Gasteiger partial charge in [-0.25, -0.2) is 0 Å². The number of hydrogen-bond acceptors (Lipinski definition) is 2. The minimum Gasteiger partial charge on any atom is -0.359 e. The summed E-state index contributed by atoms with van der Waals surface area (Å²) in [7, 11) is 0. The Morgan fingerprint density at radius 1 is 1.53 bits per heavy atom. The third-order valence-corrected chi connectivity index (χ3v) is 2.77. The second kappa shape index (κ2) is 6.32. The molecule has 17 heavy (non-hydrogen) atoms. The number of terminal acetylenes is 1. The summed E-state index contributed by atoms with van der Waals surface area (Å²) in [6, 6.07) is 5.33. The minimum atomic E-state index is 0.0115. The second-order valence-electron chi connectivity index (χ2n) is 3.85. The summed E-state index contributed by atoms with van der Waals surface area (Å²) < 4.78 is 0. The SMILES string of the molecule is C#CCN(CCC)c1ccc(C(C)=O)cc1Cl. The van der Waals surface area contributed by atoms with E-state index in [-0.39, 0.29) is 5.78 Å². The van der Waals surface area contributed by atoms with Gasteiger partial charge in [0.15, 0.2) is 5.78 Å². The molecule has 0 saturated heterocycles. The van der Waals surface area contributed by atoms with Gasteiger partial charge >= 0.3 is 0 Å². The maximum atomic E-state index is 11.2. The molecule has 0 fully saturated rings. The molecule has 0 radical (unpaired) electrons. The summed E-state index contributed by atoms with van der Waals surface area (Å²) in [5.41, 5.74) is 1.51. The maximum absolute atomic E-state index is 11.2. The predicted octanol–water partition coefficient (Wildman–Crippen LogP) is 3.39. The van der Waals surface area contributed by atoms with Crippen molar-refractivity contribution in [2.75, 3.05) is 18.0 Å². The number of rotatable bonds is 5. The van der Waals surface area contributed by atoms with E-state index < -0.39 is 0 Å². The Kier molecular flexibility index (Phi) is 5.06. The zero-order chi connectivity index (χ0) is 12.8. The first-order valence-electron chi connectivity index (χ1n) is 5.59. The standard InChI is InChI=1S/C14H16ClNO/c1-4-8-16(9-5-2)14-7-6-12(11(3)17)10-13(14)15/h1,6-7,10H,5,8-9H2,2-3H3. The molecule has 0 saturated carbocycles. The molecule has 0 spiro atoms. The van der Waals surface area contributed by atoms with Gasteiger partial charge in [-0.1, -0.05) is 24.4 Å². The first-order valence-corrected chi connectivity index (χ1v) is 5.96. The Bertz CT molecular complexity index is 448. The molecule has 2 nitrogen and oxygen atoms in total. The van der Waals surface area contributed by atoms with Crippen molar-refractivity contribution in [3.05, 3.63) is 28.8 Å². The normalized spacial score (nSPS) is 9.76. The first-order chi connectivity index (χ1) is 8.10. The number of hydrogen-bond donors (Lipinski definition) is 0. The fourth-order valence-corrected chi connectivity index (χ4v) is 1.95. The summed E-state index contributed by atoms with van der Waals surface area (Å²) >= 11 is 6.18. The van der Waals surface area contributed by atoms with Crippen molar-refractivity contribution in [1.29, 1.82) is 0 Å². The van der Waals surface area contributed by atoms with E-state index >= 15 is 0 Å². The van der Waals surface area contributed by atoms with Gasteiger partial charge < -0.3 is 4.90 Å². The van der Waals surface area contributed by atoms with Crippen molar-refractivity contribution < 1.29 is 4.79 Å². The molecule has 0 unspecified atom stereocenters. The molecule has 90 valence electrons.